The Balaban J connectivity index is 0.000000255. The average Bonchev–Trinajstić information content (AvgIpc) is 2.14. The van der Waals surface area contributed by atoms with Gasteiger partial charge >= 0.3 is 0 Å². The summed E-state index contributed by atoms with van der Waals surface area (Å²) in [6.45, 7) is 5.78. The van der Waals surface area contributed by atoms with Crippen molar-refractivity contribution in [2.24, 2.45) is 0 Å². The van der Waals surface area contributed by atoms with Crippen LogP contribution >= 0.6 is 0 Å². The molecule has 0 radical (unpaired) electrons. The quantitative estimate of drug-likeness (QED) is 0.434. The topological polar surface area (TPSA) is 0 Å². The molecule has 0 unspecified atom stereocenters. The first-order valence-corrected chi connectivity index (χ1v) is 5.82. The second-order valence-corrected chi connectivity index (χ2v) is 3.53. The van der Waals surface area contributed by atoms with Crippen molar-refractivity contribution in [3.8, 4) is 0 Å². The third-order valence-corrected chi connectivity index (χ3v) is 2.10. The van der Waals surface area contributed by atoms with E-state index in [0.717, 1.165) is 0 Å². The predicted octanol–water partition coefficient (Wildman–Crippen LogP) is 5.04. The maximum Gasteiger partial charge on any atom is -0.0316 e. The lowest BCUT2D eigenvalue weighted by atomic mass is 10.1. The smallest absolute Gasteiger partial charge is 0.0316 e. The van der Waals surface area contributed by atoms with E-state index in [-0.39, 0.29) is 0 Å². The normalized spacial score (nSPS) is 19.5. The molecule has 0 heterocycles. The summed E-state index contributed by atoms with van der Waals surface area (Å²) >= 11 is 0. The molecule has 1 aliphatic carbocycles. The van der Waals surface area contributed by atoms with Crippen LogP contribution < -0.4 is 0 Å². The van der Waals surface area contributed by atoms with E-state index in [4.69, 9.17) is 0 Å². The van der Waals surface area contributed by atoms with Crippen molar-refractivity contribution in [2.45, 2.75) is 51.9 Å². The van der Waals surface area contributed by atoms with Crippen molar-refractivity contribution in [1.29, 1.82) is 0 Å². The van der Waals surface area contributed by atoms with Crippen molar-refractivity contribution in [2.75, 3.05) is 0 Å². The fraction of sp³-hybridized carbons (Fsp3) is 0.571. The zero-order valence-electron chi connectivity index (χ0n) is 9.54. The average molecular weight is 192 g/mol. The van der Waals surface area contributed by atoms with Crippen LogP contribution in [0.2, 0.25) is 0 Å². The SMILES string of the molecule is C1=C\CC/C=C\CC/1.C=CCCCC. The highest BCUT2D eigenvalue weighted by Crippen LogP contribution is 2.02. The molecule has 1 rings (SSSR count). The Bertz CT molecular complexity index is 137. The molecule has 14 heavy (non-hydrogen) atoms. The number of hydrogen-bond donors (Lipinski definition) is 0. The van der Waals surface area contributed by atoms with Crippen LogP contribution in [0.25, 0.3) is 0 Å². The molecule has 0 bridgehead atoms. The molecular formula is C14H24. The Hall–Kier alpha value is -0.780. The highest BCUT2D eigenvalue weighted by atomic mass is 13.9. The molecule has 0 aromatic carbocycles. The van der Waals surface area contributed by atoms with E-state index in [1.807, 2.05) is 6.08 Å². The Morgan fingerprint density at radius 1 is 1.00 bits per heavy atom. The van der Waals surface area contributed by atoms with Gasteiger partial charge in [0.25, 0.3) is 0 Å². The largest absolute Gasteiger partial charge is 0.103 e. The Morgan fingerprint density at radius 3 is 1.64 bits per heavy atom. The summed E-state index contributed by atoms with van der Waals surface area (Å²) < 4.78 is 0. The van der Waals surface area contributed by atoms with E-state index >= 15 is 0 Å². The van der Waals surface area contributed by atoms with Gasteiger partial charge in [0.15, 0.2) is 0 Å². The van der Waals surface area contributed by atoms with E-state index in [1.54, 1.807) is 0 Å². The van der Waals surface area contributed by atoms with Crippen molar-refractivity contribution in [3.05, 3.63) is 37.0 Å². The van der Waals surface area contributed by atoms with E-state index < -0.39 is 0 Å². The molecule has 0 atom stereocenters. The van der Waals surface area contributed by atoms with Crippen LogP contribution in [-0.4, -0.2) is 0 Å². The lowest BCUT2D eigenvalue weighted by Crippen LogP contribution is -1.71. The van der Waals surface area contributed by atoms with Crippen molar-refractivity contribution in [1.82, 2.24) is 0 Å². The third-order valence-electron chi connectivity index (χ3n) is 2.10. The van der Waals surface area contributed by atoms with E-state index in [0.29, 0.717) is 0 Å². The molecular weight excluding hydrogens is 168 g/mol. The second kappa shape index (κ2) is 12.2. The summed E-state index contributed by atoms with van der Waals surface area (Å²) in [7, 11) is 0. The molecule has 0 aliphatic heterocycles. The van der Waals surface area contributed by atoms with Crippen molar-refractivity contribution >= 4 is 0 Å². The summed E-state index contributed by atoms with van der Waals surface area (Å²) in [6, 6.07) is 0. The fourth-order valence-corrected chi connectivity index (χ4v) is 1.20. The zero-order valence-corrected chi connectivity index (χ0v) is 9.54. The lowest BCUT2D eigenvalue weighted by Gasteiger charge is -1.92. The van der Waals surface area contributed by atoms with Gasteiger partial charge in [0.1, 0.15) is 0 Å². The molecule has 0 saturated carbocycles. The van der Waals surface area contributed by atoms with Crippen LogP contribution in [-0.2, 0) is 0 Å². The lowest BCUT2D eigenvalue weighted by molar-refractivity contribution is 0.816. The maximum absolute atomic E-state index is 3.60. The first kappa shape index (κ1) is 13.2. The highest BCUT2D eigenvalue weighted by molar-refractivity contribution is 4.93. The Labute approximate surface area is 89.4 Å². The molecule has 0 fully saturated rings. The zero-order chi connectivity index (χ0) is 10.5. The second-order valence-electron chi connectivity index (χ2n) is 3.53. The van der Waals surface area contributed by atoms with Crippen LogP contribution in [0.3, 0.4) is 0 Å². The summed E-state index contributed by atoms with van der Waals surface area (Å²) in [5.74, 6) is 0. The van der Waals surface area contributed by atoms with Gasteiger partial charge in [0.05, 0.1) is 0 Å². The summed E-state index contributed by atoms with van der Waals surface area (Å²) in [5.41, 5.74) is 0. The van der Waals surface area contributed by atoms with Crippen molar-refractivity contribution < 1.29 is 0 Å². The molecule has 0 spiro atoms. The van der Waals surface area contributed by atoms with Crippen LogP contribution in [0.4, 0.5) is 0 Å². The van der Waals surface area contributed by atoms with Gasteiger partial charge in [-0.3, -0.25) is 0 Å². The fourth-order valence-electron chi connectivity index (χ4n) is 1.20. The van der Waals surface area contributed by atoms with Gasteiger partial charge in [-0.05, 0) is 32.1 Å². The standard InChI is InChI=1S/C8H12.C6H12/c1-2-4-6-8-7-5-3-1;1-3-5-6-4-2/h1-2,7-8H,3-6H2;3H,1,4-6H2,2H3/b2-1-,8-7-;. The Morgan fingerprint density at radius 2 is 1.43 bits per heavy atom. The van der Waals surface area contributed by atoms with E-state index in [9.17, 15) is 0 Å². The van der Waals surface area contributed by atoms with Crippen LogP contribution in [0.5, 0.6) is 0 Å². The maximum atomic E-state index is 3.60. The van der Waals surface area contributed by atoms with E-state index in [1.165, 1.54) is 44.9 Å². The van der Waals surface area contributed by atoms with Gasteiger partial charge in [0, 0.05) is 0 Å². The Kier molecular flexibility index (Phi) is 11.5. The monoisotopic (exact) mass is 192 g/mol. The molecule has 0 N–H and O–H groups in total. The minimum Gasteiger partial charge on any atom is -0.103 e. The first-order valence-electron chi connectivity index (χ1n) is 5.82. The van der Waals surface area contributed by atoms with Gasteiger partial charge < -0.3 is 0 Å². The summed E-state index contributed by atoms with van der Waals surface area (Å²) in [5, 5.41) is 0. The molecule has 1 aliphatic rings. The predicted molar refractivity (Wildman–Crippen MR) is 66.5 cm³/mol. The minimum absolute atomic E-state index is 1.18. The molecule has 0 nitrogen and oxygen atoms in total. The van der Waals surface area contributed by atoms with Crippen LogP contribution in [0.15, 0.2) is 37.0 Å². The molecule has 0 aromatic rings. The van der Waals surface area contributed by atoms with Gasteiger partial charge in [-0.1, -0.05) is 50.1 Å². The number of unbranched alkanes of at least 4 members (excludes halogenated alkanes) is 2. The molecule has 80 valence electrons. The number of allylic oxidation sites excluding steroid dienone is 5. The number of rotatable bonds is 3. The molecule has 0 saturated heterocycles. The first-order chi connectivity index (χ1) is 6.91. The van der Waals surface area contributed by atoms with Gasteiger partial charge in [-0.2, -0.15) is 0 Å². The molecule has 0 amide bonds. The van der Waals surface area contributed by atoms with E-state index in [2.05, 4.69) is 37.8 Å². The van der Waals surface area contributed by atoms with Gasteiger partial charge in [-0.15, -0.1) is 6.58 Å². The highest BCUT2D eigenvalue weighted by Gasteiger charge is 1.81. The minimum atomic E-state index is 1.18. The molecule has 0 heteroatoms. The summed E-state index contributed by atoms with van der Waals surface area (Å²) in [6.07, 6.45) is 19.7. The summed E-state index contributed by atoms with van der Waals surface area (Å²) in [4.78, 5) is 0. The van der Waals surface area contributed by atoms with Gasteiger partial charge in [0.2, 0.25) is 0 Å². The van der Waals surface area contributed by atoms with Crippen molar-refractivity contribution in [3.63, 3.8) is 0 Å². The third kappa shape index (κ3) is 11.2. The van der Waals surface area contributed by atoms with Crippen LogP contribution in [0, 0.1) is 0 Å². The molecule has 0 aromatic heterocycles. The number of hydrogen-bond acceptors (Lipinski definition) is 0. The van der Waals surface area contributed by atoms with Crippen LogP contribution in [0.1, 0.15) is 51.9 Å². The van der Waals surface area contributed by atoms with Gasteiger partial charge in [-0.25, -0.2) is 0 Å².